The van der Waals surface area contributed by atoms with Crippen LogP contribution in [0, 0.1) is 0 Å². The van der Waals surface area contributed by atoms with E-state index in [0.717, 1.165) is 0 Å². The third-order valence-electron chi connectivity index (χ3n) is 2.26. The fourth-order valence-electron chi connectivity index (χ4n) is 1.65. The Bertz CT molecular complexity index is 226. The zero-order valence-electron chi connectivity index (χ0n) is 9.36. The Labute approximate surface area is 89.3 Å². The third kappa shape index (κ3) is 3.15. The van der Waals surface area contributed by atoms with E-state index in [1.807, 2.05) is 0 Å². The van der Waals surface area contributed by atoms with Crippen LogP contribution in [-0.2, 0) is 19.0 Å². The molecular formula is C10H18O5. The fraction of sp³-hybridized carbons (Fsp3) is 0.900. The van der Waals surface area contributed by atoms with E-state index in [-0.39, 0.29) is 12.7 Å². The Morgan fingerprint density at radius 3 is 2.67 bits per heavy atom. The van der Waals surface area contributed by atoms with Crippen LogP contribution in [0.15, 0.2) is 0 Å². The Morgan fingerprint density at radius 1 is 1.47 bits per heavy atom. The molecular weight excluding hydrogens is 200 g/mol. The predicted molar refractivity (Wildman–Crippen MR) is 52.2 cm³/mol. The van der Waals surface area contributed by atoms with Crippen LogP contribution in [0.4, 0.5) is 0 Å². The van der Waals surface area contributed by atoms with Crippen molar-refractivity contribution in [1.82, 2.24) is 0 Å². The van der Waals surface area contributed by atoms with Gasteiger partial charge in [0.05, 0.1) is 13.2 Å². The van der Waals surface area contributed by atoms with Crippen molar-refractivity contribution in [2.45, 2.75) is 44.7 Å². The molecule has 0 spiro atoms. The summed E-state index contributed by atoms with van der Waals surface area (Å²) in [6.07, 6.45) is 0.147. The third-order valence-corrected chi connectivity index (χ3v) is 2.26. The molecule has 0 radical (unpaired) electrons. The van der Waals surface area contributed by atoms with Gasteiger partial charge in [-0.2, -0.15) is 0 Å². The van der Waals surface area contributed by atoms with Crippen LogP contribution in [-0.4, -0.2) is 42.8 Å². The second kappa shape index (κ2) is 4.92. The van der Waals surface area contributed by atoms with Gasteiger partial charge in [0.15, 0.2) is 11.9 Å². The molecule has 1 rings (SSSR count). The van der Waals surface area contributed by atoms with Crippen LogP contribution in [0.3, 0.4) is 0 Å². The quantitative estimate of drug-likeness (QED) is 0.694. The van der Waals surface area contributed by atoms with Gasteiger partial charge in [0.1, 0.15) is 0 Å². The number of ether oxygens (including phenoxy) is 3. The SMILES string of the molecule is COC(=O)[C@H]1OC(C)(C)OC1CCCO. The Hall–Kier alpha value is -0.650. The topological polar surface area (TPSA) is 65.0 Å². The molecule has 0 saturated carbocycles. The molecule has 15 heavy (non-hydrogen) atoms. The van der Waals surface area contributed by atoms with Gasteiger partial charge in [-0.3, -0.25) is 0 Å². The number of aliphatic hydroxyl groups excluding tert-OH is 1. The molecule has 1 saturated heterocycles. The van der Waals surface area contributed by atoms with Crippen molar-refractivity contribution in [1.29, 1.82) is 0 Å². The predicted octanol–water partition coefficient (Wildman–Crippen LogP) is 0.452. The number of rotatable bonds is 4. The molecule has 0 bridgehead atoms. The number of hydrogen-bond acceptors (Lipinski definition) is 5. The van der Waals surface area contributed by atoms with Gasteiger partial charge in [0.2, 0.25) is 0 Å². The zero-order valence-corrected chi connectivity index (χ0v) is 9.36. The Balaban J connectivity index is 2.61. The van der Waals surface area contributed by atoms with Gasteiger partial charge in [-0.1, -0.05) is 0 Å². The smallest absolute Gasteiger partial charge is 0.337 e. The van der Waals surface area contributed by atoms with Crippen molar-refractivity contribution in [2.75, 3.05) is 13.7 Å². The first-order valence-electron chi connectivity index (χ1n) is 5.04. The maximum atomic E-state index is 11.4. The maximum absolute atomic E-state index is 11.4. The van der Waals surface area contributed by atoms with Crippen LogP contribution >= 0.6 is 0 Å². The first-order chi connectivity index (χ1) is 7.00. The lowest BCUT2D eigenvalue weighted by Crippen LogP contribution is -2.32. The van der Waals surface area contributed by atoms with E-state index in [2.05, 4.69) is 4.74 Å². The molecule has 0 aromatic carbocycles. The first-order valence-corrected chi connectivity index (χ1v) is 5.04. The summed E-state index contributed by atoms with van der Waals surface area (Å²) in [6.45, 7) is 3.58. The summed E-state index contributed by atoms with van der Waals surface area (Å²) in [5.74, 6) is -1.19. The molecule has 2 atom stereocenters. The molecule has 1 heterocycles. The van der Waals surface area contributed by atoms with E-state index in [1.54, 1.807) is 13.8 Å². The van der Waals surface area contributed by atoms with Crippen molar-refractivity contribution >= 4 is 5.97 Å². The molecule has 88 valence electrons. The number of carbonyl (C=O) groups is 1. The normalized spacial score (nSPS) is 29.1. The summed E-state index contributed by atoms with van der Waals surface area (Å²) >= 11 is 0. The molecule has 0 aromatic rings. The molecule has 1 unspecified atom stereocenters. The minimum absolute atomic E-state index is 0.0776. The minimum Gasteiger partial charge on any atom is -0.467 e. The van der Waals surface area contributed by atoms with Crippen molar-refractivity contribution in [3.05, 3.63) is 0 Å². The second-order valence-corrected chi connectivity index (χ2v) is 3.98. The summed E-state index contributed by atoms with van der Waals surface area (Å²) < 4.78 is 15.6. The molecule has 1 N–H and O–H groups in total. The molecule has 1 aliphatic heterocycles. The van der Waals surface area contributed by atoms with E-state index in [1.165, 1.54) is 7.11 Å². The van der Waals surface area contributed by atoms with Crippen molar-refractivity contribution in [3.63, 3.8) is 0 Å². The van der Waals surface area contributed by atoms with Crippen LogP contribution in [0.2, 0.25) is 0 Å². The number of methoxy groups -OCH3 is 1. The fourth-order valence-corrected chi connectivity index (χ4v) is 1.65. The summed E-state index contributed by atoms with van der Waals surface area (Å²) in [7, 11) is 1.32. The van der Waals surface area contributed by atoms with Gasteiger partial charge < -0.3 is 19.3 Å². The highest BCUT2D eigenvalue weighted by atomic mass is 16.8. The monoisotopic (exact) mass is 218 g/mol. The van der Waals surface area contributed by atoms with Gasteiger partial charge in [-0.25, -0.2) is 4.79 Å². The lowest BCUT2D eigenvalue weighted by molar-refractivity contribution is -0.168. The number of carbonyl (C=O) groups excluding carboxylic acids is 1. The van der Waals surface area contributed by atoms with Gasteiger partial charge in [-0.15, -0.1) is 0 Å². The largest absolute Gasteiger partial charge is 0.467 e. The van der Waals surface area contributed by atoms with Crippen LogP contribution in [0.1, 0.15) is 26.7 Å². The van der Waals surface area contributed by atoms with Crippen LogP contribution in [0.5, 0.6) is 0 Å². The average molecular weight is 218 g/mol. The summed E-state index contributed by atoms with van der Waals surface area (Å²) in [4.78, 5) is 11.4. The van der Waals surface area contributed by atoms with Crippen molar-refractivity contribution in [3.8, 4) is 0 Å². The molecule has 0 aromatic heterocycles. The standard InChI is InChI=1S/C10H18O5/c1-10(2)14-7(5-4-6-11)8(15-10)9(12)13-3/h7-8,11H,4-6H2,1-3H3/t7?,8-/m0/s1. The zero-order chi connectivity index (χ0) is 11.5. The number of aliphatic hydroxyl groups is 1. The van der Waals surface area contributed by atoms with E-state index in [0.29, 0.717) is 12.8 Å². The highest BCUT2D eigenvalue weighted by molar-refractivity contribution is 5.75. The summed E-state index contributed by atoms with van der Waals surface area (Å²) in [6, 6.07) is 0. The van der Waals surface area contributed by atoms with E-state index >= 15 is 0 Å². The van der Waals surface area contributed by atoms with Crippen LogP contribution < -0.4 is 0 Å². The highest BCUT2D eigenvalue weighted by Gasteiger charge is 2.45. The lowest BCUT2D eigenvalue weighted by atomic mass is 10.1. The van der Waals surface area contributed by atoms with Crippen LogP contribution in [0.25, 0.3) is 0 Å². The average Bonchev–Trinajstić information content (AvgIpc) is 2.49. The molecule has 1 fully saturated rings. The molecule has 5 heteroatoms. The summed E-state index contributed by atoms with van der Waals surface area (Å²) in [5, 5.41) is 8.73. The highest BCUT2D eigenvalue weighted by Crippen LogP contribution is 2.31. The van der Waals surface area contributed by atoms with Gasteiger partial charge in [0, 0.05) is 6.61 Å². The molecule has 0 amide bonds. The maximum Gasteiger partial charge on any atom is 0.337 e. The van der Waals surface area contributed by atoms with Crippen molar-refractivity contribution < 1.29 is 24.1 Å². The Kier molecular flexibility index (Phi) is 4.07. The van der Waals surface area contributed by atoms with Gasteiger partial charge in [0.25, 0.3) is 0 Å². The van der Waals surface area contributed by atoms with Gasteiger partial charge in [-0.05, 0) is 26.7 Å². The minimum atomic E-state index is -0.765. The van der Waals surface area contributed by atoms with E-state index in [4.69, 9.17) is 14.6 Å². The molecule has 0 aliphatic carbocycles. The number of hydrogen-bond donors (Lipinski definition) is 1. The number of esters is 1. The van der Waals surface area contributed by atoms with Crippen molar-refractivity contribution in [2.24, 2.45) is 0 Å². The van der Waals surface area contributed by atoms with Gasteiger partial charge >= 0.3 is 5.97 Å². The Morgan fingerprint density at radius 2 is 2.13 bits per heavy atom. The second-order valence-electron chi connectivity index (χ2n) is 3.98. The lowest BCUT2D eigenvalue weighted by Gasteiger charge is -2.16. The molecule has 5 nitrogen and oxygen atoms in total. The molecule has 1 aliphatic rings. The van der Waals surface area contributed by atoms with E-state index in [9.17, 15) is 4.79 Å². The summed E-state index contributed by atoms with van der Waals surface area (Å²) in [5.41, 5.74) is 0. The van der Waals surface area contributed by atoms with E-state index < -0.39 is 17.9 Å². The first kappa shape index (κ1) is 12.4.